The number of benzene rings is 2. The van der Waals surface area contributed by atoms with E-state index in [0.29, 0.717) is 24.5 Å². The van der Waals surface area contributed by atoms with E-state index in [2.05, 4.69) is 18.7 Å². The largest absolute Gasteiger partial charge is 0.493 e. The van der Waals surface area contributed by atoms with E-state index < -0.39 is 11.9 Å². The van der Waals surface area contributed by atoms with Crippen LogP contribution in [-0.2, 0) is 11.2 Å². The first-order valence-electron chi connectivity index (χ1n) is 9.38. The first-order chi connectivity index (χ1) is 13.1. The Hall–Kier alpha value is -2.53. The molecule has 0 heterocycles. The van der Waals surface area contributed by atoms with E-state index in [-0.39, 0.29) is 0 Å². The van der Waals surface area contributed by atoms with Crippen molar-refractivity contribution in [3.63, 3.8) is 0 Å². The molecule has 27 heavy (non-hydrogen) atoms. The number of ether oxygens (including phenoxy) is 2. The minimum absolute atomic E-state index is 0.398. The SMILES string of the molecule is CCN(CC)CCOc1ccc(CC(C(=O)O)c2ccccc2)cc1OC. The standard InChI is InChI=1S/C22H29NO4/c1-4-23(5-2)13-14-27-20-12-11-17(16-21(20)26-3)15-19(22(24)25)18-9-7-6-8-10-18/h6-12,16,19H,4-5,13-15H2,1-3H3,(H,24,25). The molecule has 1 N–H and O–H groups in total. The number of hydrogen-bond acceptors (Lipinski definition) is 4. The first kappa shape index (κ1) is 20.8. The molecule has 1 unspecified atom stereocenters. The summed E-state index contributed by atoms with van der Waals surface area (Å²) in [6.07, 6.45) is 0.398. The third kappa shape index (κ3) is 6.00. The molecule has 0 saturated heterocycles. The van der Waals surface area contributed by atoms with E-state index in [1.165, 1.54) is 0 Å². The second-order valence-electron chi connectivity index (χ2n) is 6.37. The Morgan fingerprint density at radius 3 is 2.37 bits per heavy atom. The molecule has 0 spiro atoms. The van der Waals surface area contributed by atoms with Crippen LogP contribution in [0.4, 0.5) is 0 Å². The highest BCUT2D eigenvalue weighted by Gasteiger charge is 2.21. The summed E-state index contributed by atoms with van der Waals surface area (Å²) in [4.78, 5) is 14.0. The van der Waals surface area contributed by atoms with Gasteiger partial charge in [0.1, 0.15) is 6.61 Å². The number of hydrogen-bond donors (Lipinski definition) is 1. The zero-order valence-corrected chi connectivity index (χ0v) is 16.4. The van der Waals surface area contributed by atoms with E-state index in [1.54, 1.807) is 7.11 Å². The lowest BCUT2D eigenvalue weighted by atomic mass is 9.92. The van der Waals surface area contributed by atoms with E-state index in [4.69, 9.17) is 9.47 Å². The van der Waals surface area contributed by atoms with Gasteiger partial charge < -0.3 is 19.5 Å². The van der Waals surface area contributed by atoms with Crippen molar-refractivity contribution in [2.75, 3.05) is 33.4 Å². The Morgan fingerprint density at radius 2 is 1.78 bits per heavy atom. The van der Waals surface area contributed by atoms with Crippen molar-refractivity contribution in [2.24, 2.45) is 0 Å². The van der Waals surface area contributed by atoms with Crippen molar-refractivity contribution < 1.29 is 19.4 Å². The van der Waals surface area contributed by atoms with Crippen LogP contribution in [0.3, 0.4) is 0 Å². The number of carbonyl (C=O) groups is 1. The molecule has 0 saturated carbocycles. The van der Waals surface area contributed by atoms with Gasteiger partial charge in [-0.2, -0.15) is 0 Å². The van der Waals surface area contributed by atoms with Gasteiger partial charge in [-0.3, -0.25) is 4.79 Å². The van der Waals surface area contributed by atoms with Gasteiger partial charge in [0.05, 0.1) is 13.0 Å². The Morgan fingerprint density at radius 1 is 1.07 bits per heavy atom. The van der Waals surface area contributed by atoms with Gasteiger partial charge in [0.25, 0.3) is 0 Å². The highest BCUT2D eigenvalue weighted by molar-refractivity contribution is 5.76. The molecule has 5 nitrogen and oxygen atoms in total. The topological polar surface area (TPSA) is 59.0 Å². The van der Waals surface area contributed by atoms with Gasteiger partial charge in [0.2, 0.25) is 0 Å². The summed E-state index contributed by atoms with van der Waals surface area (Å²) in [7, 11) is 1.60. The molecule has 0 aromatic heterocycles. The molecular formula is C22H29NO4. The van der Waals surface area contributed by atoms with Crippen molar-refractivity contribution in [1.29, 1.82) is 0 Å². The van der Waals surface area contributed by atoms with Crippen molar-refractivity contribution in [3.05, 3.63) is 59.7 Å². The predicted molar refractivity (Wildman–Crippen MR) is 107 cm³/mol. The van der Waals surface area contributed by atoms with Gasteiger partial charge in [0, 0.05) is 6.54 Å². The molecule has 0 aliphatic heterocycles. The summed E-state index contributed by atoms with van der Waals surface area (Å²) in [5.41, 5.74) is 1.70. The van der Waals surface area contributed by atoms with Gasteiger partial charge >= 0.3 is 5.97 Å². The quantitative estimate of drug-likeness (QED) is 0.651. The molecule has 2 aromatic carbocycles. The number of likely N-dealkylation sites (N-methyl/N-ethyl adjacent to an activating group) is 1. The fourth-order valence-corrected chi connectivity index (χ4v) is 3.05. The second-order valence-corrected chi connectivity index (χ2v) is 6.37. The van der Waals surface area contributed by atoms with Gasteiger partial charge in [0.15, 0.2) is 11.5 Å². The monoisotopic (exact) mass is 371 g/mol. The van der Waals surface area contributed by atoms with Crippen LogP contribution in [0.1, 0.15) is 30.9 Å². The lowest BCUT2D eigenvalue weighted by Crippen LogP contribution is -2.27. The third-order valence-electron chi connectivity index (χ3n) is 4.73. The number of aliphatic carboxylic acids is 1. The third-order valence-corrected chi connectivity index (χ3v) is 4.73. The van der Waals surface area contributed by atoms with Crippen LogP contribution in [0.15, 0.2) is 48.5 Å². The zero-order valence-electron chi connectivity index (χ0n) is 16.4. The molecule has 0 fully saturated rings. The normalized spacial score (nSPS) is 12.0. The Balaban J connectivity index is 2.09. The maximum Gasteiger partial charge on any atom is 0.311 e. The fourth-order valence-electron chi connectivity index (χ4n) is 3.05. The number of carboxylic acids is 1. The zero-order chi connectivity index (χ0) is 19.6. The average Bonchev–Trinajstić information content (AvgIpc) is 2.70. The van der Waals surface area contributed by atoms with Crippen LogP contribution in [0.2, 0.25) is 0 Å². The first-order valence-corrected chi connectivity index (χ1v) is 9.38. The van der Waals surface area contributed by atoms with Crippen molar-refractivity contribution >= 4 is 5.97 Å². The Labute approximate surface area is 161 Å². The van der Waals surface area contributed by atoms with E-state index in [1.807, 2.05) is 48.5 Å². The summed E-state index contributed by atoms with van der Waals surface area (Å²) in [5, 5.41) is 9.62. The van der Waals surface area contributed by atoms with Crippen molar-refractivity contribution in [2.45, 2.75) is 26.2 Å². The van der Waals surface area contributed by atoms with Crippen LogP contribution in [-0.4, -0.2) is 49.3 Å². The summed E-state index contributed by atoms with van der Waals surface area (Å²) >= 11 is 0. The van der Waals surface area contributed by atoms with Crippen LogP contribution in [0.5, 0.6) is 11.5 Å². The molecule has 5 heteroatoms. The molecule has 1 atom stereocenters. The molecule has 2 rings (SSSR count). The van der Waals surface area contributed by atoms with E-state index in [0.717, 1.165) is 30.8 Å². The van der Waals surface area contributed by atoms with Crippen LogP contribution >= 0.6 is 0 Å². The lowest BCUT2D eigenvalue weighted by Gasteiger charge is -2.19. The summed E-state index contributed by atoms with van der Waals surface area (Å²) in [5.74, 6) is -0.116. The summed E-state index contributed by atoms with van der Waals surface area (Å²) in [6.45, 7) is 7.68. The maximum atomic E-state index is 11.7. The molecular weight excluding hydrogens is 342 g/mol. The smallest absolute Gasteiger partial charge is 0.311 e. The number of nitrogens with zero attached hydrogens (tertiary/aromatic N) is 1. The molecule has 0 aliphatic carbocycles. The maximum absolute atomic E-state index is 11.7. The number of carboxylic acid groups (broad SMARTS) is 1. The predicted octanol–water partition coefficient (Wildman–Crippen LogP) is 3.83. The summed E-state index contributed by atoms with van der Waals surface area (Å²) in [6, 6.07) is 14.9. The van der Waals surface area contributed by atoms with Crippen LogP contribution < -0.4 is 9.47 Å². The van der Waals surface area contributed by atoms with Gasteiger partial charge in [-0.1, -0.05) is 50.2 Å². The summed E-state index contributed by atoms with van der Waals surface area (Å²) < 4.78 is 11.3. The van der Waals surface area contributed by atoms with Crippen molar-refractivity contribution in [1.82, 2.24) is 4.90 Å². The number of rotatable bonds is 11. The number of methoxy groups -OCH3 is 1. The average molecular weight is 371 g/mol. The van der Waals surface area contributed by atoms with Gasteiger partial charge in [-0.25, -0.2) is 0 Å². The Kier molecular flexibility index (Phi) is 8.14. The second kappa shape index (κ2) is 10.6. The van der Waals surface area contributed by atoms with Gasteiger partial charge in [-0.05, 0) is 42.8 Å². The molecule has 2 aromatic rings. The minimum Gasteiger partial charge on any atom is -0.493 e. The molecule has 0 radical (unpaired) electrons. The highest BCUT2D eigenvalue weighted by atomic mass is 16.5. The van der Waals surface area contributed by atoms with Crippen LogP contribution in [0, 0.1) is 0 Å². The van der Waals surface area contributed by atoms with E-state index >= 15 is 0 Å². The molecule has 0 bridgehead atoms. The molecule has 0 amide bonds. The highest BCUT2D eigenvalue weighted by Crippen LogP contribution is 2.30. The lowest BCUT2D eigenvalue weighted by molar-refractivity contribution is -0.138. The van der Waals surface area contributed by atoms with Gasteiger partial charge in [-0.15, -0.1) is 0 Å². The molecule has 0 aliphatic rings. The van der Waals surface area contributed by atoms with Crippen LogP contribution in [0.25, 0.3) is 0 Å². The van der Waals surface area contributed by atoms with Crippen molar-refractivity contribution in [3.8, 4) is 11.5 Å². The fraction of sp³-hybridized carbons (Fsp3) is 0.409. The minimum atomic E-state index is -0.834. The Bertz CT molecular complexity index is 714. The molecule has 146 valence electrons. The van der Waals surface area contributed by atoms with E-state index in [9.17, 15) is 9.90 Å².